The molecule has 0 atom stereocenters. The lowest BCUT2D eigenvalue weighted by molar-refractivity contribution is -0.274. The number of hydrogen-bond donors (Lipinski definition) is 1. The summed E-state index contributed by atoms with van der Waals surface area (Å²) in [5.41, 5.74) is 0.388. The molecule has 150 valence electrons. The molecule has 0 saturated carbocycles. The average molecular weight is 415 g/mol. The van der Waals surface area contributed by atoms with Crippen molar-refractivity contribution in [1.29, 1.82) is 0 Å². The molecule has 1 N–H and O–H groups in total. The lowest BCUT2D eigenvalue weighted by Gasteiger charge is -2.11. The van der Waals surface area contributed by atoms with Crippen LogP contribution in [0.25, 0.3) is 0 Å². The summed E-state index contributed by atoms with van der Waals surface area (Å²) in [4.78, 5) is 24.9. The van der Waals surface area contributed by atoms with Gasteiger partial charge in [0.2, 0.25) is 0 Å². The highest BCUT2D eigenvalue weighted by Crippen LogP contribution is 2.26. The van der Waals surface area contributed by atoms with Gasteiger partial charge in [0.15, 0.2) is 6.61 Å². The highest BCUT2D eigenvalue weighted by Gasteiger charge is 2.31. The number of benzene rings is 2. The van der Waals surface area contributed by atoms with Gasteiger partial charge >= 0.3 is 12.3 Å². The van der Waals surface area contributed by atoms with Crippen LogP contribution < -0.4 is 14.8 Å². The molecule has 10 heteroatoms. The summed E-state index contributed by atoms with van der Waals surface area (Å²) in [7, 11) is 1.41. The summed E-state index contributed by atoms with van der Waals surface area (Å²) in [6.07, 6.45) is -2.92. The Kier molecular flexibility index (Phi) is 7.16. The van der Waals surface area contributed by atoms with Crippen molar-refractivity contribution in [3.63, 3.8) is 0 Å². The molecule has 2 aromatic carbocycles. The molecule has 0 aliphatic heterocycles. The molecule has 0 spiro atoms. The number of thioether (sulfide) groups is 1. The second kappa shape index (κ2) is 9.36. The van der Waals surface area contributed by atoms with Crippen LogP contribution in [0.5, 0.6) is 11.5 Å². The molecule has 0 bridgehead atoms. The summed E-state index contributed by atoms with van der Waals surface area (Å²) >= 11 is 1.47. The zero-order valence-corrected chi connectivity index (χ0v) is 15.6. The molecule has 2 aromatic rings. The fraction of sp³-hybridized carbons (Fsp3) is 0.222. The van der Waals surface area contributed by atoms with Gasteiger partial charge in [0, 0.05) is 10.6 Å². The standard InChI is InChI=1S/C18H16F3NO5S/c1-25-15-9-13(28-2)7-8-14(15)17(24)26-10-16(23)22-11-3-5-12(6-4-11)27-18(19,20)21/h3-9H,10H2,1-2H3,(H,22,23). The first-order valence-electron chi connectivity index (χ1n) is 7.76. The fourth-order valence-corrected chi connectivity index (χ4v) is 2.54. The van der Waals surface area contributed by atoms with Gasteiger partial charge < -0.3 is 19.5 Å². The van der Waals surface area contributed by atoms with E-state index in [9.17, 15) is 22.8 Å². The van der Waals surface area contributed by atoms with Crippen molar-refractivity contribution in [2.45, 2.75) is 11.3 Å². The SMILES string of the molecule is COc1cc(SC)ccc1C(=O)OCC(=O)Nc1ccc(OC(F)(F)F)cc1. The zero-order valence-electron chi connectivity index (χ0n) is 14.8. The number of nitrogens with one attached hydrogen (secondary N) is 1. The Labute approximate surface area is 163 Å². The number of halogens is 3. The zero-order chi connectivity index (χ0) is 20.7. The van der Waals surface area contributed by atoms with Crippen LogP contribution in [0.1, 0.15) is 10.4 Å². The van der Waals surface area contributed by atoms with Gasteiger partial charge in [-0.25, -0.2) is 4.79 Å². The Bertz CT molecular complexity index is 840. The number of amides is 1. The lowest BCUT2D eigenvalue weighted by atomic mass is 10.2. The predicted octanol–water partition coefficient (Wildman–Crippen LogP) is 4.11. The third-order valence-corrected chi connectivity index (χ3v) is 4.06. The first-order valence-corrected chi connectivity index (χ1v) is 8.99. The number of rotatable bonds is 7. The largest absolute Gasteiger partial charge is 0.573 e. The van der Waals surface area contributed by atoms with Crippen LogP contribution in [-0.4, -0.2) is 38.2 Å². The van der Waals surface area contributed by atoms with Crippen molar-refractivity contribution in [2.24, 2.45) is 0 Å². The van der Waals surface area contributed by atoms with E-state index in [4.69, 9.17) is 9.47 Å². The molecule has 0 aliphatic rings. The Morgan fingerprint density at radius 3 is 2.36 bits per heavy atom. The van der Waals surface area contributed by atoms with Gasteiger partial charge in [-0.3, -0.25) is 4.79 Å². The second-order valence-corrected chi connectivity index (χ2v) is 6.14. The highest BCUT2D eigenvalue weighted by atomic mass is 32.2. The molecule has 1 amide bonds. The van der Waals surface area contributed by atoms with Crippen molar-refractivity contribution < 1.29 is 37.0 Å². The number of alkyl halides is 3. The number of anilines is 1. The Balaban J connectivity index is 1.91. The van der Waals surface area contributed by atoms with E-state index in [0.717, 1.165) is 17.0 Å². The molecular weight excluding hydrogens is 399 g/mol. The smallest absolute Gasteiger partial charge is 0.496 e. The summed E-state index contributed by atoms with van der Waals surface area (Å²) < 4.78 is 50.2. The van der Waals surface area contributed by atoms with Crippen LogP contribution >= 0.6 is 11.8 Å². The third-order valence-electron chi connectivity index (χ3n) is 3.33. The minimum atomic E-state index is -4.80. The molecule has 0 aliphatic carbocycles. The van der Waals surface area contributed by atoms with Crippen LogP contribution in [0.15, 0.2) is 47.4 Å². The quantitative estimate of drug-likeness (QED) is 0.542. The van der Waals surface area contributed by atoms with Crippen molar-refractivity contribution in [1.82, 2.24) is 0 Å². The van der Waals surface area contributed by atoms with Gasteiger partial charge in [-0.1, -0.05) is 0 Å². The molecule has 6 nitrogen and oxygen atoms in total. The van der Waals surface area contributed by atoms with E-state index in [1.165, 1.54) is 37.1 Å². The molecule has 0 aromatic heterocycles. The monoisotopic (exact) mass is 415 g/mol. The van der Waals surface area contributed by atoms with E-state index < -0.39 is 30.6 Å². The van der Waals surface area contributed by atoms with Crippen molar-refractivity contribution >= 4 is 29.3 Å². The van der Waals surface area contributed by atoms with E-state index in [0.29, 0.717) is 5.75 Å². The first-order chi connectivity index (χ1) is 13.2. The number of methoxy groups -OCH3 is 1. The van der Waals surface area contributed by atoms with Crippen molar-refractivity contribution in [3.05, 3.63) is 48.0 Å². The van der Waals surface area contributed by atoms with Crippen LogP contribution in [0.3, 0.4) is 0 Å². The molecule has 0 fully saturated rings. The van der Waals surface area contributed by atoms with E-state index in [-0.39, 0.29) is 11.3 Å². The van der Waals surface area contributed by atoms with Crippen LogP contribution in [0, 0.1) is 0 Å². The second-order valence-electron chi connectivity index (χ2n) is 5.26. The Hall–Kier alpha value is -2.88. The number of carbonyl (C=O) groups excluding carboxylic acids is 2. The van der Waals surface area contributed by atoms with Gasteiger partial charge in [-0.15, -0.1) is 24.9 Å². The van der Waals surface area contributed by atoms with E-state index in [1.807, 2.05) is 6.26 Å². The fourth-order valence-electron chi connectivity index (χ4n) is 2.11. The van der Waals surface area contributed by atoms with Gasteiger partial charge in [-0.2, -0.15) is 0 Å². The lowest BCUT2D eigenvalue weighted by Crippen LogP contribution is -2.21. The van der Waals surface area contributed by atoms with Crippen LogP contribution in [0.4, 0.5) is 18.9 Å². The topological polar surface area (TPSA) is 73.9 Å². The van der Waals surface area contributed by atoms with E-state index >= 15 is 0 Å². The normalized spacial score (nSPS) is 10.9. The number of esters is 1. The molecule has 0 heterocycles. The van der Waals surface area contributed by atoms with Crippen LogP contribution in [-0.2, 0) is 9.53 Å². The Morgan fingerprint density at radius 1 is 1.11 bits per heavy atom. The molecule has 0 saturated heterocycles. The number of ether oxygens (including phenoxy) is 3. The summed E-state index contributed by atoms with van der Waals surface area (Å²) in [6, 6.07) is 9.47. The minimum Gasteiger partial charge on any atom is -0.496 e. The van der Waals surface area contributed by atoms with E-state index in [2.05, 4.69) is 10.1 Å². The maximum atomic E-state index is 12.1. The third kappa shape index (κ3) is 6.38. The molecule has 28 heavy (non-hydrogen) atoms. The maximum absolute atomic E-state index is 12.1. The molecule has 0 radical (unpaired) electrons. The summed E-state index contributed by atoms with van der Waals surface area (Å²) in [6.45, 7) is -0.576. The minimum absolute atomic E-state index is 0.168. The summed E-state index contributed by atoms with van der Waals surface area (Å²) in [5, 5.41) is 2.40. The predicted molar refractivity (Wildman–Crippen MR) is 96.8 cm³/mol. The van der Waals surface area contributed by atoms with Gasteiger partial charge in [0.25, 0.3) is 5.91 Å². The molecule has 0 unspecified atom stereocenters. The van der Waals surface area contributed by atoms with Crippen molar-refractivity contribution in [3.8, 4) is 11.5 Å². The number of hydrogen-bond acceptors (Lipinski definition) is 6. The van der Waals surface area contributed by atoms with Crippen molar-refractivity contribution in [2.75, 3.05) is 25.3 Å². The highest BCUT2D eigenvalue weighted by molar-refractivity contribution is 7.98. The van der Waals surface area contributed by atoms with Gasteiger partial charge in [0.05, 0.1) is 7.11 Å². The number of carbonyl (C=O) groups is 2. The molecular formula is C18H16F3NO5S. The van der Waals surface area contributed by atoms with Gasteiger partial charge in [0.1, 0.15) is 17.1 Å². The summed E-state index contributed by atoms with van der Waals surface area (Å²) in [5.74, 6) is -1.50. The van der Waals surface area contributed by atoms with Gasteiger partial charge in [-0.05, 0) is 48.7 Å². The molecule has 2 rings (SSSR count). The first kappa shape index (κ1) is 21.4. The maximum Gasteiger partial charge on any atom is 0.573 e. The average Bonchev–Trinajstić information content (AvgIpc) is 2.66. The van der Waals surface area contributed by atoms with Crippen LogP contribution in [0.2, 0.25) is 0 Å². The Morgan fingerprint density at radius 2 is 1.79 bits per heavy atom. The van der Waals surface area contributed by atoms with E-state index in [1.54, 1.807) is 12.1 Å².